The van der Waals surface area contributed by atoms with Crippen LogP contribution in [0.3, 0.4) is 0 Å². The average molecular weight is 219 g/mol. The van der Waals surface area contributed by atoms with Gasteiger partial charge in [0.1, 0.15) is 4.32 Å². The first-order valence-electron chi connectivity index (χ1n) is 4.84. The molecule has 1 aliphatic heterocycles. The number of hydrogen-bond donors (Lipinski definition) is 0. The van der Waals surface area contributed by atoms with Crippen LogP contribution >= 0.6 is 24.0 Å². The van der Waals surface area contributed by atoms with Crippen LogP contribution < -0.4 is 0 Å². The molecule has 13 heavy (non-hydrogen) atoms. The van der Waals surface area contributed by atoms with Gasteiger partial charge in [0.05, 0.1) is 0 Å². The smallest absolute Gasteiger partial charge is 0.136 e. The average Bonchev–Trinajstić information content (AvgIpc) is 2.52. The summed E-state index contributed by atoms with van der Waals surface area (Å²) >= 11 is 6.98. The van der Waals surface area contributed by atoms with Crippen molar-refractivity contribution in [1.82, 2.24) is 4.90 Å². The van der Waals surface area contributed by atoms with E-state index < -0.39 is 0 Å². The Morgan fingerprint density at radius 3 is 3.00 bits per heavy atom. The maximum atomic E-state index is 5.40. The second kappa shape index (κ2) is 6.62. The van der Waals surface area contributed by atoms with Crippen LogP contribution in [-0.4, -0.2) is 41.3 Å². The first kappa shape index (κ1) is 11.3. The molecular formula is C9H17NOS2. The highest BCUT2D eigenvalue weighted by molar-refractivity contribution is 8.23. The number of hydrogen-bond acceptors (Lipinski definition) is 3. The number of ether oxygens (including phenoxy) is 1. The number of rotatable bonds is 6. The molecule has 0 bridgehead atoms. The van der Waals surface area contributed by atoms with Crippen LogP contribution in [0.5, 0.6) is 0 Å². The Morgan fingerprint density at radius 1 is 1.54 bits per heavy atom. The van der Waals surface area contributed by atoms with Crippen molar-refractivity contribution in [2.45, 2.75) is 19.8 Å². The molecule has 0 radical (unpaired) electrons. The topological polar surface area (TPSA) is 12.5 Å². The molecule has 0 spiro atoms. The van der Waals surface area contributed by atoms with Gasteiger partial charge in [-0.3, -0.25) is 0 Å². The second-order valence-corrected chi connectivity index (χ2v) is 4.80. The lowest BCUT2D eigenvalue weighted by Gasteiger charge is -2.16. The van der Waals surface area contributed by atoms with Gasteiger partial charge >= 0.3 is 0 Å². The maximum Gasteiger partial charge on any atom is 0.136 e. The molecule has 0 aliphatic carbocycles. The molecule has 0 aromatic rings. The van der Waals surface area contributed by atoms with Crippen LogP contribution in [0.1, 0.15) is 19.8 Å². The van der Waals surface area contributed by atoms with Crippen molar-refractivity contribution in [2.75, 3.05) is 32.1 Å². The highest BCUT2D eigenvalue weighted by Crippen LogP contribution is 2.17. The van der Waals surface area contributed by atoms with Gasteiger partial charge in [-0.1, -0.05) is 30.9 Å². The predicted molar refractivity (Wildman–Crippen MR) is 62.4 cm³/mol. The molecule has 0 saturated carbocycles. The SMILES string of the molecule is CCCOCCCN1CCSC1=S. The van der Waals surface area contributed by atoms with E-state index in [-0.39, 0.29) is 0 Å². The van der Waals surface area contributed by atoms with E-state index in [1.165, 1.54) is 0 Å². The van der Waals surface area contributed by atoms with Crippen molar-refractivity contribution in [3.63, 3.8) is 0 Å². The number of nitrogens with zero attached hydrogens (tertiary/aromatic N) is 1. The summed E-state index contributed by atoms with van der Waals surface area (Å²) in [6.45, 7) is 6.08. The minimum absolute atomic E-state index is 0.873. The molecule has 0 amide bonds. The molecule has 1 fully saturated rings. The van der Waals surface area contributed by atoms with Gasteiger partial charge < -0.3 is 9.64 Å². The summed E-state index contributed by atoms with van der Waals surface area (Å²) < 4.78 is 6.47. The van der Waals surface area contributed by atoms with E-state index >= 15 is 0 Å². The van der Waals surface area contributed by atoms with Crippen molar-refractivity contribution in [2.24, 2.45) is 0 Å². The fourth-order valence-corrected chi connectivity index (χ4v) is 2.52. The van der Waals surface area contributed by atoms with Crippen LogP contribution in [0.15, 0.2) is 0 Å². The van der Waals surface area contributed by atoms with E-state index in [4.69, 9.17) is 17.0 Å². The van der Waals surface area contributed by atoms with Gasteiger partial charge in [0.2, 0.25) is 0 Å². The second-order valence-electron chi connectivity index (χ2n) is 3.07. The largest absolute Gasteiger partial charge is 0.381 e. The van der Waals surface area contributed by atoms with Crippen molar-refractivity contribution in [3.05, 3.63) is 0 Å². The van der Waals surface area contributed by atoms with E-state index in [1.54, 1.807) is 11.8 Å². The molecule has 0 N–H and O–H groups in total. The maximum absolute atomic E-state index is 5.40. The Balaban J connectivity index is 1.96. The first-order chi connectivity index (χ1) is 6.34. The van der Waals surface area contributed by atoms with E-state index in [0.29, 0.717) is 0 Å². The molecule has 76 valence electrons. The summed E-state index contributed by atoms with van der Waals surface area (Å²) in [4.78, 5) is 2.27. The van der Waals surface area contributed by atoms with Crippen molar-refractivity contribution in [3.8, 4) is 0 Å². The fourth-order valence-electron chi connectivity index (χ4n) is 1.23. The summed E-state index contributed by atoms with van der Waals surface area (Å²) in [5.41, 5.74) is 0. The predicted octanol–water partition coefficient (Wildman–Crippen LogP) is 2.14. The van der Waals surface area contributed by atoms with E-state index in [9.17, 15) is 0 Å². The quantitative estimate of drug-likeness (QED) is 0.501. The van der Waals surface area contributed by atoms with Crippen LogP contribution in [0.25, 0.3) is 0 Å². The lowest BCUT2D eigenvalue weighted by atomic mass is 10.4. The zero-order valence-corrected chi connectivity index (χ0v) is 9.75. The summed E-state index contributed by atoms with van der Waals surface area (Å²) in [7, 11) is 0. The molecule has 1 rings (SSSR count). The zero-order chi connectivity index (χ0) is 9.52. The summed E-state index contributed by atoms with van der Waals surface area (Å²) in [6, 6.07) is 0. The molecule has 4 heteroatoms. The molecule has 1 heterocycles. The fraction of sp³-hybridized carbons (Fsp3) is 0.889. The zero-order valence-electron chi connectivity index (χ0n) is 8.12. The van der Waals surface area contributed by atoms with Crippen LogP contribution in [0.2, 0.25) is 0 Å². The van der Waals surface area contributed by atoms with Gasteiger partial charge in [-0.15, -0.1) is 0 Å². The molecule has 0 aromatic carbocycles. The van der Waals surface area contributed by atoms with Crippen LogP contribution in [0.4, 0.5) is 0 Å². The Kier molecular flexibility index (Phi) is 5.75. The highest BCUT2D eigenvalue weighted by atomic mass is 32.2. The Labute approximate surface area is 90.0 Å². The van der Waals surface area contributed by atoms with Crippen molar-refractivity contribution < 1.29 is 4.74 Å². The third-order valence-electron chi connectivity index (χ3n) is 1.91. The minimum Gasteiger partial charge on any atom is -0.381 e. The van der Waals surface area contributed by atoms with Gasteiger partial charge in [0.25, 0.3) is 0 Å². The van der Waals surface area contributed by atoms with Crippen molar-refractivity contribution in [1.29, 1.82) is 0 Å². The van der Waals surface area contributed by atoms with Gasteiger partial charge in [-0.25, -0.2) is 0 Å². The van der Waals surface area contributed by atoms with Crippen LogP contribution in [-0.2, 0) is 4.74 Å². The Hall–Kier alpha value is 0.200. The van der Waals surface area contributed by atoms with Crippen molar-refractivity contribution >= 4 is 28.3 Å². The Morgan fingerprint density at radius 2 is 2.38 bits per heavy atom. The molecule has 1 saturated heterocycles. The highest BCUT2D eigenvalue weighted by Gasteiger charge is 2.15. The summed E-state index contributed by atoms with van der Waals surface area (Å²) in [6.07, 6.45) is 2.21. The minimum atomic E-state index is 0.873. The molecule has 0 aromatic heterocycles. The standard InChI is InChI=1S/C9H17NOS2/c1-2-6-11-7-3-4-10-5-8-13-9(10)12/h2-8H2,1H3. The third kappa shape index (κ3) is 4.29. The van der Waals surface area contributed by atoms with Gasteiger partial charge in [-0.05, 0) is 12.8 Å². The number of thioether (sulfide) groups is 1. The number of thiocarbonyl (C=S) groups is 1. The van der Waals surface area contributed by atoms with E-state index in [2.05, 4.69) is 11.8 Å². The lowest BCUT2D eigenvalue weighted by Crippen LogP contribution is -2.25. The van der Waals surface area contributed by atoms with Gasteiger partial charge in [0, 0.05) is 32.1 Å². The molecule has 0 atom stereocenters. The molecule has 2 nitrogen and oxygen atoms in total. The third-order valence-corrected chi connectivity index (χ3v) is 3.41. The molecule has 1 aliphatic rings. The summed E-state index contributed by atoms with van der Waals surface area (Å²) in [5.74, 6) is 1.16. The van der Waals surface area contributed by atoms with Crippen LogP contribution in [0, 0.1) is 0 Å². The Bertz CT molecular complexity index is 164. The van der Waals surface area contributed by atoms with E-state index in [1.807, 2.05) is 0 Å². The molecule has 0 unspecified atom stereocenters. The van der Waals surface area contributed by atoms with Gasteiger partial charge in [0.15, 0.2) is 0 Å². The lowest BCUT2D eigenvalue weighted by molar-refractivity contribution is 0.128. The normalized spacial score (nSPS) is 17.0. The first-order valence-corrected chi connectivity index (χ1v) is 6.23. The summed E-state index contributed by atoms with van der Waals surface area (Å²) in [5, 5.41) is 0. The molecular weight excluding hydrogens is 202 g/mol. The monoisotopic (exact) mass is 219 g/mol. The van der Waals surface area contributed by atoms with E-state index in [0.717, 1.165) is 49.2 Å². The van der Waals surface area contributed by atoms with Gasteiger partial charge in [-0.2, -0.15) is 0 Å².